The summed E-state index contributed by atoms with van der Waals surface area (Å²) >= 11 is 0. The fourth-order valence-electron chi connectivity index (χ4n) is 6.06. The van der Waals surface area contributed by atoms with Crippen molar-refractivity contribution in [3.63, 3.8) is 0 Å². The van der Waals surface area contributed by atoms with Crippen molar-refractivity contribution in [3.05, 3.63) is 33.9 Å². The van der Waals surface area contributed by atoms with Crippen molar-refractivity contribution in [1.82, 2.24) is 3.71 Å². The summed E-state index contributed by atoms with van der Waals surface area (Å²) in [6.45, 7) is 9.09. The van der Waals surface area contributed by atoms with E-state index in [4.69, 9.17) is 0 Å². The van der Waals surface area contributed by atoms with E-state index in [1.54, 1.807) is 20.8 Å². The molecule has 2 saturated carbocycles. The highest BCUT2D eigenvalue weighted by molar-refractivity contribution is 8.04. The zero-order chi connectivity index (χ0) is 24.8. The summed E-state index contributed by atoms with van der Waals surface area (Å²) in [7, 11) is -9.09. The number of Topliss-reactive ketones (excluding diaryl/α,β-unsaturated/α-hetero) is 1. The van der Waals surface area contributed by atoms with Gasteiger partial charge in [-0.2, -0.15) is 0 Å². The third-order valence-corrected chi connectivity index (χ3v) is 12.9. The van der Waals surface area contributed by atoms with Crippen molar-refractivity contribution in [2.45, 2.75) is 71.2 Å². The zero-order valence-corrected chi connectivity index (χ0v) is 21.1. The largest absolute Gasteiger partial charge is 0.299 e. The van der Waals surface area contributed by atoms with Crippen molar-refractivity contribution < 1.29 is 26.6 Å². The van der Waals surface area contributed by atoms with Gasteiger partial charge in [-0.25, -0.2) is 16.8 Å². The van der Waals surface area contributed by atoms with E-state index in [0.29, 0.717) is 22.1 Å². The lowest BCUT2D eigenvalue weighted by molar-refractivity contribution is -0.385. The zero-order valence-electron chi connectivity index (χ0n) is 19.5. The monoisotopic (exact) mass is 498 g/mol. The number of nitro groups is 1. The van der Waals surface area contributed by atoms with E-state index in [0.717, 1.165) is 12.5 Å². The van der Waals surface area contributed by atoms with Gasteiger partial charge in [0.05, 0.1) is 21.6 Å². The summed E-state index contributed by atoms with van der Waals surface area (Å²) in [4.78, 5) is 23.2. The Labute approximate surface area is 194 Å². The molecule has 2 fully saturated rings. The van der Waals surface area contributed by atoms with Crippen molar-refractivity contribution in [2.24, 2.45) is 22.2 Å². The summed E-state index contributed by atoms with van der Waals surface area (Å²) in [5, 5.41) is 11.3. The van der Waals surface area contributed by atoms with Crippen molar-refractivity contribution in [2.75, 3.05) is 5.75 Å². The molecule has 1 aliphatic heterocycles. The van der Waals surface area contributed by atoms with Crippen LogP contribution in [0.5, 0.6) is 0 Å². The molecule has 0 N–H and O–H groups in total. The average Bonchev–Trinajstić information content (AvgIpc) is 3.00. The van der Waals surface area contributed by atoms with E-state index < -0.39 is 58.7 Å². The second-order valence-corrected chi connectivity index (χ2v) is 15.1. The van der Waals surface area contributed by atoms with Gasteiger partial charge in [0, 0.05) is 24.0 Å². The van der Waals surface area contributed by atoms with Crippen LogP contribution in [0.25, 0.3) is 0 Å². The number of hydrogen-bond donors (Lipinski definition) is 0. The number of carbonyl (C=O) groups excluding carboxylic acids is 1. The fourth-order valence-corrected chi connectivity index (χ4v) is 11.5. The minimum absolute atomic E-state index is 0.0833. The molecule has 11 heteroatoms. The molecule has 1 aromatic rings. The Kier molecular flexibility index (Phi) is 5.21. The third-order valence-electron chi connectivity index (χ3n) is 8.29. The average molecular weight is 499 g/mol. The third kappa shape index (κ3) is 3.37. The Morgan fingerprint density at radius 1 is 1.21 bits per heavy atom. The highest BCUT2D eigenvalue weighted by Gasteiger charge is 2.66. The van der Waals surface area contributed by atoms with Gasteiger partial charge >= 0.3 is 0 Å². The van der Waals surface area contributed by atoms with Crippen LogP contribution in [-0.2, 0) is 31.3 Å². The van der Waals surface area contributed by atoms with Crippen molar-refractivity contribution in [1.29, 1.82) is 0 Å². The summed E-state index contributed by atoms with van der Waals surface area (Å²) < 4.78 is 55.9. The molecule has 1 aromatic carbocycles. The van der Waals surface area contributed by atoms with Crippen molar-refractivity contribution in [3.8, 4) is 0 Å². The summed E-state index contributed by atoms with van der Waals surface area (Å²) in [6.07, 6.45) is 1.56. The maximum Gasteiger partial charge on any atom is 0.270 e. The first-order chi connectivity index (χ1) is 14.9. The molecule has 2 aliphatic carbocycles. The van der Waals surface area contributed by atoms with E-state index in [9.17, 15) is 31.7 Å². The van der Waals surface area contributed by atoms with E-state index in [2.05, 4.69) is 0 Å². The first-order valence-electron chi connectivity index (χ1n) is 11.0. The molecule has 2 bridgehead atoms. The van der Waals surface area contributed by atoms with Gasteiger partial charge in [0.1, 0.15) is 5.78 Å². The standard InChI is InChI=1S/C22H30N2O7S2/c1-20(2,3)18-10-14-6-7-16(23(26)27)12-17(14)33(30,31)24(18)32(28,29)13-22-9-8-15(11-19(22)25)21(22,4)5/h6-7,12,15,18H,8-11,13H2,1-5H3/t15-,18-,22-/m1/s1. The van der Waals surface area contributed by atoms with E-state index in [1.165, 1.54) is 12.1 Å². The van der Waals surface area contributed by atoms with E-state index in [-0.39, 0.29) is 23.0 Å². The number of non-ortho nitro benzene ring substituents is 1. The van der Waals surface area contributed by atoms with Crippen LogP contribution in [0.2, 0.25) is 0 Å². The first-order valence-corrected chi connectivity index (χ1v) is 14.1. The Hall–Kier alpha value is -1.85. The molecule has 3 aliphatic rings. The van der Waals surface area contributed by atoms with Crippen LogP contribution < -0.4 is 0 Å². The Bertz CT molecular complexity index is 1260. The van der Waals surface area contributed by atoms with Gasteiger partial charge in [0.15, 0.2) is 0 Å². The maximum atomic E-state index is 13.9. The number of ketones is 1. The number of nitro benzene ring substituents is 1. The topological polar surface area (TPSA) is 132 Å². The number of fused-ring (bicyclic) bond motifs is 3. The second-order valence-electron chi connectivity index (χ2n) is 11.3. The quantitative estimate of drug-likeness (QED) is 0.460. The molecule has 3 atom stereocenters. The number of carbonyl (C=O) groups is 1. The number of sulfonamides is 2. The number of nitrogens with zero attached hydrogens (tertiary/aromatic N) is 2. The Morgan fingerprint density at radius 2 is 1.85 bits per heavy atom. The van der Waals surface area contributed by atoms with Gasteiger partial charge < -0.3 is 0 Å². The maximum absolute atomic E-state index is 13.9. The second kappa shape index (κ2) is 7.08. The molecule has 182 valence electrons. The molecular formula is C22H30N2O7S2. The van der Waals surface area contributed by atoms with E-state index in [1.807, 2.05) is 13.8 Å². The van der Waals surface area contributed by atoms with E-state index >= 15 is 0 Å². The summed E-state index contributed by atoms with van der Waals surface area (Å²) in [5.41, 5.74) is -2.50. The van der Waals surface area contributed by atoms with Crippen LogP contribution in [0.15, 0.2) is 23.1 Å². The van der Waals surface area contributed by atoms with Gasteiger partial charge in [-0.15, -0.1) is 0 Å². The van der Waals surface area contributed by atoms with Gasteiger partial charge in [-0.3, -0.25) is 14.9 Å². The lowest BCUT2D eigenvalue weighted by Gasteiger charge is -2.44. The lowest BCUT2D eigenvalue weighted by atomic mass is 9.70. The van der Waals surface area contributed by atoms with Crippen LogP contribution >= 0.6 is 0 Å². The number of hydrogen-bond acceptors (Lipinski definition) is 7. The van der Waals surface area contributed by atoms with Crippen LogP contribution in [0, 0.1) is 32.3 Å². The van der Waals surface area contributed by atoms with Gasteiger partial charge in [0.25, 0.3) is 15.7 Å². The summed E-state index contributed by atoms with van der Waals surface area (Å²) in [6, 6.07) is 2.63. The molecular weight excluding hydrogens is 468 g/mol. The molecule has 0 unspecified atom stereocenters. The fraction of sp³-hybridized carbons (Fsp3) is 0.682. The van der Waals surface area contributed by atoms with Crippen LogP contribution in [0.4, 0.5) is 5.69 Å². The molecule has 0 amide bonds. The molecule has 0 saturated heterocycles. The highest BCUT2D eigenvalue weighted by Crippen LogP contribution is 2.64. The Balaban J connectivity index is 1.88. The van der Waals surface area contributed by atoms with Gasteiger partial charge in [-0.05, 0) is 41.6 Å². The van der Waals surface area contributed by atoms with Crippen LogP contribution in [0.1, 0.15) is 59.4 Å². The molecule has 0 spiro atoms. The van der Waals surface area contributed by atoms with Crippen LogP contribution in [0.3, 0.4) is 0 Å². The minimum Gasteiger partial charge on any atom is -0.299 e. The van der Waals surface area contributed by atoms with Crippen LogP contribution in [-0.4, -0.2) is 43.0 Å². The smallest absolute Gasteiger partial charge is 0.270 e. The number of rotatable bonds is 4. The molecule has 4 rings (SSSR count). The molecule has 0 aromatic heterocycles. The highest BCUT2D eigenvalue weighted by atomic mass is 32.3. The predicted octanol–water partition coefficient (Wildman–Crippen LogP) is 3.28. The number of benzene rings is 1. The molecule has 33 heavy (non-hydrogen) atoms. The molecule has 9 nitrogen and oxygen atoms in total. The SMILES string of the molecule is CC(C)(C)[C@H]1Cc2ccc([N+](=O)[O-])cc2S(=O)(=O)N1S(=O)(=O)C[C@]12CC[C@H](CC1=O)C2(C)C. The van der Waals surface area contributed by atoms with Crippen molar-refractivity contribution >= 4 is 31.5 Å². The lowest BCUT2D eigenvalue weighted by Crippen LogP contribution is -2.57. The van der Waals surface area contributed by atoms with Gasteiger partial charge in [0.2, 0.25) is 10.0 Å². The minimum atomic E-state index is -4.62. The summed E-state index contributed by atoms with van der Waals surface area (Å²) in [5.74, 6) is -0.608. The Morgan fingerprint density at radius 3 is 2.33 bits per heavy atom. The van der Waals surface area contributed by atoms with Gasteiger partial charge in [-0.1, -0.05) is 44.4 Å². The first kappa shape index (κ1) is 24.3. The normalized spacial score (nSPS) is 30.9. The predicted molar refractivity (Wildman–Crippen MR) is 121 cm³/mol. The molecule has 1 heterocycles. The molecule has 0 radical (unpaired) electrons.